The van der Waals surface area contributed by atoms with Crippen LogP contribution in [0.4, 0.5) is 5.95 Å². The Morgan fingerprint density at radius 3 is 2.73 bits per heavy atom. The van der Waals surface area contributed by atoms with Crippen LogP contribution in [0.15, 0.2) is 65.9 Å². The second-order valence-corrected chi connectivity index (χ2v) is 5.79. The minimum absolute atomic E-state index is 0.332. The van der Waals surface area contributed by atoms with Crippen molar-refractivity contribution in [2.24, 2.45) is 5.10 Å². The largest absolute Gasteiger partial charge is 0.338 e. The summed E-state index contributed by atoms with van der Waals surface area (Å²) in [5, 5.41) is 14.6. The van der Waals surface area contributed by atoms with Gasteiger partial charge in [-0.25, -0.2) is 5.43 Å². The smallest absolute Gasteiger partial charge is 0.265 e. The van der Waals surface area contributed by atoms with E-state index >= 15 is 0 Å². The van der Waals surface area contributed by atoms with Gasteiger partial charge in [0.2, 0.25) is 0 Å². The predicted molar refractivity (Wildman–Crippen MR) is 102 cm³/mol. The third-order valence-electron chi connectivity index (χ3n) is 4.17. The molecule has 5 aromatic rings. The SMILES string of the molecule is C(=NNc1nnc2c(n1)[nH]c1ccccc12)c1ccnc2ccccc12. The van der Waals surface area contributed by atoms with Crippen molar-refractivity contribution in [3.05, 3.63) is 66.4 Å². The average molecular weight is 339 g/mol. The Kier molecular flexibility index (Phi) is 3.28. The van der Waals surface area contributed by atoms with Crippen molar-refractivity contribution in [3.8, 4) is 0 Å². The van der Waals surface area contributed by atoms with Gasteiger partial charge in [-0.1, -0.05) is 36.4 Å². The lowest BCUT2D eigenvalue weighted by molar-refractivity contribution is 1.01. The number of hydrazone groups is 1. The second-order valence-electron chi connectivity index (χ2n) is 5.79. The summed E-state index contributed by atoms with van der Waals surface area (Å²) in [5.74, 6) is 0.332. The van der Waals surface area contributed by atoms with Gasteiger partial charge in [0.05, 0.1) is 11.7 Å². The number of nitrogens with one attached hydrogen (secondary N) is 2. The van der Waals surface area contributed by atoms with E-state index < -0.39 is 0 Å². The fourth-order valence-electron chi connectivity index (χ4n) is 2.96. The molecule has 7 nitrogen and oxygen atoms in total. The molecule has 26 heavy (non-hydrogen) atoms. The Morgan fingerprint density at radius 1 is 0.923 bits per heavy atom. The number of para-hydroxylation sites is 2. The zero-order valence-electron chi connectivity index (χ0n) is 13.6. The molecule has 3 aromatic heterocycles. The van der Waals surface area contributed by atoms with Crippen molar-refractivity contribution >= 4 is 45.1 Å². The second kappa shape index (κ2) is 5.89. The van der Waals surface area contributed by atoms with Crippen LogP contribution in [0.25, 0.3) is 33.0 Å². The Hall–Kier alpha value is -3.87. The molecule has 0 radical (unpaired) electrons. The molecule has 0 bridgehead atoms. The van der Waals surface area contributed by atoms with E-state index in [4.69, 9.17) is 0 Å². The summed E-state index contributed by atoms with van der Waals surface area (Å²) in [5.41, 5.74) is 7.12. The molecule has 0 amide bonds. The van der Waals surface area contributed by atoms with E-state index in [-0.39, 0.29) is 0 Å². The number of fused-ring (bicyclic) bond motifs is 4. The Bertz CT molecular complexity index is 1270. The number of hydrogen-bond acceptors (Lipinski definition) is 6. The number of hydrogen-bond donors (Lipinski definition) is 2. The molecule has 3 heterocycles. The number of anilines is 1. The number of aromatic nitrogens is 5. The first-order valence-corrected chi connectivity index (χ1v) is 8.12. The minimum Gasteiger partial charge on any atom is -0.338 e. The summed E-state index contributed by atoms with van der Waals surface area (Å²) in [7, 11) is 0. The zero-order valence-corrected chi connectivity index (χ0v) is 13.6. The summed E-state index contributed by atoms with van der Waals surface area (Å²) < 4.78 is 0. The molecule has 7 heteroatoms. The standard InChI is InChI=1S/C19H13N7/c1-3-7-15-13(5-1)12(9-10-20-15)11-21-25-19-23-18-17(24-26-19)14-6-2-4-8-16(14)22-18/h1-11H,(H2,22,23,25,26). The van der Waals surface area contributed by atoms with E-state index in [1.807, 2.05) is 54.6 Å². The van der Waals surface area contributed by atoms with E-state index in [9.17, 15) is 0 Å². The third kappa shape index (κ3) is 2.42. The van der Waals surface area contributed by atoms with Gasteiger partial charge < -0.3 is 4.98 Å². The normalized spacial score (nSPS) is 11.7. The van der Waals surface area contributed by atoms with E-state index in [2.05, 4.69) is 35.7 Å². The maximum absolute atomic E-state index is 4.44. The van der Waals surface area contributed by atoms with E-state index in [1.54, 1.807) is 12.4 Å². The number of aromatic amines is 1. The van der Waals surface area contributed by atoms with Gasteiger partial charge in [0.15, 0.2) is 5.65 Å². The van der Waals surface area contributed by atoms with Crippen LogP contribution in [-0.4, -0.2) is 31.4 Å². The van der Waals surface area contributed by atoms with Crippen molar-refractivity contribution in [1.29, 1.82) is 0 Å². The highest BCUT2D eigenvalue weighted by atomic mass is 15.4. The molecule has 0 saturated carbocycles. The molecule has 0 aliphatic carbocycles. The zero-order chi connectivity index (χ0) is 17.3. The first kappa shape index (κ1) is 14.5. The van der Waals surface area contributed by atoms with Gasteiger partial charge in [-0.2, -0.15) is 10.1 Å². The van der Waals surface area contributed by atoms with Crippen molar-refractivity contribution < 1.29 is 0 Å². The molecular weight excluding hydrogens is 326 g/mol. The highest BCUT2D eigenvalue weighted by Gasteiger charge is 2.08. The number of rotatable bonds is 3. The molecule has 0 aliphatic rings. The summed E-state index contributed by atoms with van der Waals surface area (Å²) in [6.07, 6.45) is 3.49. The summed E-state index contributed by atoms with van der Waals surface area (Å²) in [4.78, 5) is 12.0. The first-order valence-electron chi connectivity index (χ1n) is 8.12. The summed E-state index contributed by atoms with van der Waals surface area (Å²) in [6, 6.07) is 17.7. The molecule has 124 valence electrons. The van der Waals surface area contributed by atoms with Crippen molar-refractivity contribution in [3.63, 3.8) is 0 Å². The molecule has 2 aromatic carbocycles. The van der Waals surface area contributed by atoms with Gasteiger partial charge in [0.25, 0.3) is 5.95 Å². The molecule has 0 aliphatic heterocycles. The lowest BCUT2D eigenvalue weighted by Gasteiger charge is -2.01. The Balaban J connectivity index is 1.45. The lowest BCUT2D eigenvalue weighted by atomic mass is 10.1. The van der Waals surface area contributed by atoms with Crippen molar-refractivity contribution in [1.82, 2.24) is 25.1 Å². The number of pyridine rings is 1. The summed E-state index contributed by atoms with van der Waals surface area (Å²) in [6.45, 7) is 0. The molecule has 0 spiro atoms. The quantitative estimate of drug-likeness (QED) is 0.388. The topological polar surface area (TPSA) is 91.7 Å². The van der Waals surface area contributed by atoms with Crippen LogP contribution in [0.1, 0.15) is 5.56 Å². The number of benzene rings is 2. The van der Waals surface area contributed by atoms with Crippen LogP contribution in [-0.2, 0) is 0 Å². The maximum Gasteiger partial charge on any atom is 0.265 e. The average Bonchev–Trinajstić information content (AvgIpc) is 3.06. The minimum atomic E-state index is 0.332. The molecular formula is C19H13N7. The van der Waals surface area contributed by atoms with Crippen LogP contribution in [0.2, 0.25) is 0 Å². The number of H-pyrrole nitrogens is 1. The van der Waals surface area contributed by atoms with E-state index in [1.165, 1.54) is 0 Å². The van der Waals surface area contributed by atoms with Gasteiger partial charge in [0, 0.05) is 28.0 Å². The number of nitrogens with zero attached hydrogens (tertiary/aromatic N) is 5. The van der Waals surface area contributed by atoms with Gasteiger partial charge >= 0.3 is 0 Å². The Labute approximate surface area is 147 Å². The molecule has 5 rings (SSSR count). The third-order valence-corrected chi connectivity index (χ3v) is 4.17. The first-order chi connectivity index (χ1) is 12.9. The molecule has 0 saturated heterocycles. The Morgan fingerprint density at radius 2 is 1.77 bits per heavy atom. The monoisotopic (exact) mass is 339 g/mol. The van der Waals surface area contributed by atoms with Crippen LogP contribution < -0.4 is 5.43 Å². The van der Waals surface area contributed by atoms with Crippen LogP contribution in [0.5, 0.6) is 0 Å². The van der Waals surface area contributed by atoms with Crippen molar-refractivity contribution in [2.45, 2.75) is 0 Å². The highest BCUT2D eigenvalue weighted by molar-refractivity contribution is 6.03. The van der Waals surface area contributed by atoms with E-state index in [0.717, 1.165) is 32.9 Å². The molecule has 0 atom stereocenters. The maximum atomic E-state index is 4.44. The van der Waals surface area contributed by atoms with Gasteiger partial charge in [-0.15, -0.1) is 10.2 Å². The molecule has 0 fully saturated rings. The van der Waals surface area contributed by atoms with Gasteiger partial charge in [-0.3, -0.25) is 4.98 Å². The van der Waals surface area contributed by atoms with Crippen LogP contribution in [0, 0.1) is 0 Å². The molecule has 0 unspecified atom stereocenters. The van der Waals surface area contributed by atoms with E-state index in [0.29, 0.717) is 11.6 Å². The van der Waals surface area contributed by atoms with Crippen molar-refractivity contribution in [2.75, 3.05) is 5.43 Å². The fourth-order valence-corrected chi connectivity index (χ4v) is 2.96. The summed E-state index contributed by atoms with van der Waals surface area (Å²) >= 11 is 0. The fraction of sp³-hybridized carbons (Fsp3) is 0. The van der Waals surface area contributed by atoms with Crippen LogP contribution in [0.3, 0.4) is 0 Å². The lowest BCUT2D eigenvalue weighted by Crippen LogP contribution is -1.99. The van der Waals surface area contributed by atoms with Gasteiger partial charge in [-0.05, 0) is 18.2 Å². The van der Waals surface area contributed by atoms with Crippen LogP contribution >= 0.6 is 0 Å². The highest BCUT2D eigenvalue weighted by Crippen LogP contribution is 2.21. The predicted octanol–water partition coefficient (Wildman–Crippen LogP) is 3.50. The molecule has 2 N–H and O–H groups in total. The van der Waals surface area contributed by atoms with Gasteiger partial charge in [0.1, 0.15) is 5.52 Å².